The molecule has 0 saturated heterocycles. The van der Waals surface area contributed by atoms with Gasteiger partial charge in [0.15, 0.2) is 0 Å². The number of amides is 1. The lowest BCUT2D eigenvalue weighted by molar-refractivity contribution is 0.102. The van der Waals surface area contributed by atoms with E-state index in [-0.39, 0.29) is 11.7 Å². The van der Waals surface area contributed by atoms with Crippen LogP contribution >= 0.6 is 0 Å². The molecule has 1 aromatic heterocycles. The molecule has 3 rings (SSSR count). The van der Waals surface area contributed by atoms with Crippen LogP contribution in [0.15, 0.2) is 48.5 Å². The van der Waals surface area contributed by atoms with Crippen LogP contribution in [0.2, 0.25) is 0 Å². The lowest BCUT2D eigenvalue weighted by Crippen LogP contribution is -2.14. The van der Waals surface area contributed by atoms with Gasteiger partial charge in [-0.1, -0.05) is 18.2 Å². The number of nitrogens with one attached hydrogen (secondary N) is 1. The van der Waals surface area contributed by atoms with Gasteiger partial charge in [0.05, 0.1) is 22.6 Å². The maximum Gasteiger partial charge on any atom is 0.259 e. The van der Waals surface area contributed by atoms with Crippen LogP contribution in [0.4, 0.5) is 10.1 Å². The summed E-state index contributed by atoms with van der Waals surface area (Å²) >= 11 is 0. The summed E-state index contributed by atoms with van der Waals surface area (Å²) in [5, 5.41) is 7.36. The molecule has 0 radical (unpaired) electrons. The van der Waals surface area contributed by atoms with Gasteiger partial charge in [0, 0.05) is 5.69 Å². The normalized spacial score (nSPS) is 10.7. The average molecular weight is 323 g/mol. The number of hydrogen-bond acceptors (Lipinski definition) is 2. The van der Waals surface area contributed by atoms with Crippen molar-refractivity contribution in [1.82, 2.24) is 9.78 Å². The van der Waals surface area contributed by atoms with Crippen molar-refractivity contribution in [2.75, 3.05) is 5.32 Å². The Kier molecular flexibility index (Phi) is 4.16. The Morgan fingerprint density at radius 1 is 1.04 bits per heavy atom. The van der Waals surface area contributed by atoms with E-state index in [9.17, 15) is 9.18 Å². The van der Waals surface area contributed by atoms with Gasteiger partial charge in [-0.25, -0.2) is 9.07 Å². The lowest BCUT2D eigenvalue weighted by atomic mass is 10.1. The number of carbonyl (C=O) groups excluding carboxylic acids is 1. The summed E-state index contributed by atoms with van der Waals surface area (Å²) in [6, 6.07) is 13.6. The first-order valence-corrected chi connectivity index (χ1v) is 7.66. The van der Waals surface area contributed by atoms with E-state index < -0.39 is 0 Å². The van der Waals surface area contributed by atoms with Crippen molar-refractivity contribution in [2.24, 2.45) is 0 Å². The van der Waals surface area contributed by atoms with Crippen molar-refractivity contribution in [3.63, 3.8) is 0 Å². The van der Waals surface area contributed by atoms with Crippen molar-refractivity contribution >= 4 is 11.6 Å². The predicted octanol–water partition coefficient (Wildman–Crippen LogP) is 4.19. The van der Waals surface area contributed by atoms with Crippen LogP contribution < -0.4 is 5.32 Å². The molecule has 122 valence electrons. The molecule has 5 heteroatoms. The highest BCUT2D eigenvalue weighted by Crippen LogP contribution is 2.21. The third kappa shape index (κ3) is 2.93. The highest BCUT2D eigenvalue weighted by Gasteiger charge is 2.20. The second-order valence-electron chi connectivity index (χ2n) is 5.70. The van der Waals surface area contributed by atoms with Gasteiger partial charge in [-0.2, -0.15) is 5.10 Å². The second-order valence-corrected chi connectivity index (χ2v) is 5.70. The van der Waals surface area contributed by atoms with Gasteiger partial charge in [-0.3, -0.25) is 4.79 Å². The van der Waals surface area contributed by atoms with Gasteiger partial charge >= 0.3 is 0 Å². The molecule has 0 aliphatic heterocycles. The topological polar surface area (TPSA) is 46.9 Å². The van der Waals surface area contributed by atoms with Crippen LogP contribution in [0.1, 0.15) is 27.3 Å². The van der Waals surface area contributed by atoms with E-state index in [1.165, 1.54) is 12.1 Å². The second kappa shape index (κ2) is 6.28. The fraction of sp³-hybridized carbons (Fsp3) is 0.158. The molecule has 0 bridgehead atoms. The summed E-state index contributed by atoms with van der Waals surface area (Å²) < 4.78 is 14.8. The molecule has 3 aromatic rings. The zero-order valence-electron chi connectivity index (χ0n) is 13.8. The fourth-order valence-corrected chi connectivity index (χ4v) is 2.70. The van der Waals surface area contributed by atoms with Crippen molar-refractivity contribution < 1.29 is 9.18 Å². The molecular weight excluding hydrogens is 305 g/mol. The minimum atomic E-state index is -0.308. The number of halogens is 1. The Morgan fingerprint density at radius 2 is 1.71 bits per heavy atom. The van der Waals surface area contributed by atoms with Crippen LogP contribution in [0.3, 0.4) is 0 Å². The van der Waals surface area contributed by atoms with E-state index in [0.717, 1.165) is 11.3 Å². The summed E-state index contributed by atoms with van der Waals surface area (Å²) in [5.41, 5.74) is 4.35. The number of nitrogens with zero attached hydrogens (tertiary/aromatic N) is 2. The maximum atomic E-state index is 13.1. The molecule has 0 fully saturated rings. The first-order valence-electron chi connectivity index (χ1n) is 7.66. The van der Waals surface area contributed by atoms with Gasteiger partial charge < -0.3 is 5.32 Å². The molecule has 0 aliphatic carbocycles. The summed E-state index contributed by atoms with van der Waals surface area (Å²) in [6.07, 6.45) is 0. The fourth-order valence-electron chi connectivity index (χ4n) is 2.70. The van der Waals surface area contributed by atoms with Crippen LogP contribution in [0.25, 0.3) is 5.69 Å². The van der Waals surface area contributed by atoms with Crippen LogP contribution in [-0.4, -0.2) is 15.7 Å². The molecule has 0 saturated carbocycles. The molecule has 0 spiro atoms. The molecule has 0 aliphatic rings. The Labute approximate surface area is 139 Å². The molecule has 0 unspecified atom stereocenters. The molecule has 4 nitrogen and oxygen atoms in total. The highest BCUT2D eigenvalue weighted by atomic mass is 19.1. The number of aromatic nitrogens is 2. The highest BCUT2D eigenvalue weighted by molar-refractivity contribution is 6.06. The number of rotatable bonds is 3. The van der Waals surface area contributed by atoms with Crippen molar-refractivity contribution in [3.8, 4) is 5.69 Å². The standard InChI is InChI=1S/C19H18FN3O/c1-12-6-4-5-7-17(12)21-19(24)18-13(2)22-23(14(18)3)16-10-8-15(20)9-11-16/h4-11H,1-3H3,(H,21,24). The number of aryl methyl sites for hydroxylation is 2. The molecular formula is C19H18FN3O. The third-order valence-corrected chi connectivity index (χ3v) is 3.98. The summed E-state index contributed by atoms with van der Waals surface area (Å²) in [7, 11) is 0. The van der Waals surface area contributed by atoms with Gasteiger partial charge in [-0.05, 0) is 56.7 Å². The molecule has 1 heterocycles. The van der Waals surface area contributed by atoms with Crippen molar-refractivity contribution in [3.05, 3.63) is 76.9 Å². The molecule has 1 amide bonds. The minimum Gasteiger partial charge on any atom is -0.322 e. The summed E-state index contributed by atoms with van der Waals surface area (Å²) in [6.45, 7) is 5.56. The predicted molar refractivity (Wildman–Crippen MR) is 92.1 cm³/mol. The Balaban J connectivity index is 1.96. The van der Waals surface area contributed by atoms with Crippen LogP contribution in [-0.2, 0) is 0 Å². The van der Waals surface area contributed by atoms with E-state index in [0.29, 0.717) is 22.6 Å². The molecule has 24 heavy (non-hydrogen) atoms. The van der Waals surface area contributed by atoms with Gasteiger partial charge in [0.25, 0.3) is 5.91 Å². The van der Waals surface area contributed by atoms with Gasteiger partial charge in [0.1, 0.15) is 5.82 Å². The number of benzene rings is 2. The molecule has 2 aromatic carbocycles. The first kappa shape index (κ1) is 15.9. The van der Waals surface area contributed by atoms with Crippen LogP contribution in [0.5, 0.6) is 0 Å². The van der Waals surface area contributed by atoms with E-state index in [1.807, 2.05) is 38.1 Å². The zero-order valence-corrected chi connectivity index (χ0v) is 13.8. The number of anilines is 1. The van der Waals surface area contributed by atoms with E-state index in [1.54, 1.807) is 23.7 Å². The molecule has 1 N–H and O–H groups in total. The van der Waals surface area contributed by atoms with E-state index in [4.69, 9.17) is 0 Å². The van der Waals surface area contributed by atoms with E-state index >= 15 is 0 Å². The van der Waals surface area contributed by atoms with Crippen molar-refractivity contribution in [2.45, 2.75) is 20.8 Å². The van der Waals surface area contributed by atoms with Gasteiger partial charge in [0.2, 0.25) is 0 Å². The maximum absolute atomic E-state index is 13.1. The Bertz CT molecular complexity index is 897. The molecule has 0 atom stereocenters. The van der Waals surface area contributed by atoms with Gasteiger partial charge in [-0.15, -0.1) is 0 Å². The van der Waals surface area contributed by atoms with E-state index in [2.05, 4.69) is 10.4 Å². The summed E-state index contributed by atoms with van der Waals surface area (Å²) in [5.74, 6) is -0.509. The average Bonchev–Trinajstić information content (AvgIpc) is 2.85. The number of hydrogen-bond donors (Lipinski definition) is 1. The number of para-hydroxylation sites is 1. The number of carbonyl (C=O) groups is 1. The quantitative estimate of drug-likeness (QED) is 0.785. The Morgan fingerprint density at radius 3 is 2.38 bits per heavy atom. The largest absolute Gasteiger partial charge is 0.322 e. The third-order valence-electron chi connectivity index (χ3n) is 3.98. The van der Waals surface area contributed by atoms with Crippen molar-refractivity contribution in [1.29, 1.82) is 0 Å². The minimum absolute atomic E-state index is 0.201. The zero-order chi connectivity index (χ0) is 17.3. The monoisotopic (exact) mass is 323 g/mol. The van der Waals surface area contributed by atoms with Crippen LogP contribution in [0, 0.1) is 26.6 Å². The summed E-state index contributed by atoms with van der Waals surface area (Å²) in [4.78, 5) is 12.7. The Hall–Kier alpha value is -2.95. The SMILES string of the molecule is Cc1ccccc1NC(=O)c1c(C)nn(-c2ccc(F)cc2)c1C. The first-order chi connectivity index (χ1) is 11.5. The lowest BCUT2D eigenvalue weighted by Gasteiger charge is -2.09. The smallest absolute Gasteiger partial charge is 0.259 e.